The van der Waals surface area contributed by atoms with Crippen molar-refractivity contribution in [2.45, 2.75) is 30.7 Å². The molecule has 0 aliphatic heterocycles. The molecule has 0 bridgehead atoms. The van der Waals surface area contributed by atoms with Crippen molar-refractivity contribution in [3.63, 3.8) is 0 Å². The van der Waals surface area contributed by atoms with Crippen LogP contribution in [0.2, 0.25) is 0 Å². The van der Waals surface area contributed by atoms with E-state index in [1.165, 1.54) is 12.4 Å². The number of rotatable bonds is 5. The normalized spacial score (nSPS) is 15.4. The van der Waals surface area contributed by atoms with Crippen molar-refractivity contribution in [1.29, 1.82) is 0 Å². The lowest BCUT2D eigenvalue weighted by Gasteiger charge is -2.17. The maximum atomic E-state index is 12.1. The van der Waals surface area contributed by atoms with E-state index in [9.17, 15) is 8.42 Å². The topological polar surface area (TPSA) is 59.9 Å². The van der Waals surface area contributed by atoms with Gasteiger partial charge in [0.05, 0.1) is 5.25 Å². The minimum absolute atomic E-state index is 0.00584. The third-order valence-corrected chi connectivity index (χ3v) is 4.79. The molecule has 1 aromatic rings. The molecular weight excluding hydrogens is 224 g/mol. The van der Waals surface area contributed by atoms with Crippen LogP contribution in [0.15, 0.2) is 36.3 Å². The molecule has 0 saturated heterocycles. The average molecular weight is 240 g/mol. The first kappa shape index (κ1) is 12.8. The molecule has 0 amide bonds. The quantitative estimate of drug-likeness (QED) is 0.582. The molecule has 0 saturated carbocycles. The van der Waals surface area contributed by atoms with Crippen LogP contribution in [0.4, 0.5) is 0 Å². The van der Waals surface area contributed by atoms with Gasteiger partial charge in [0.25, 0.3) is 0 Å². The summed E-state index contributed by atoms with van der Waals surface area (Å²) < 4.78 is 24.2. The Morgan fingerprint density at radius 3 is 2.44 bits per heavy atom. The minimum atomic E-state index is -3.43. The van der Waals surface area contributed by atoms with E-state index in [4.69, 9.17) is 0 Å². The molecule has 0 N–H and O–H groups in total. The average Bonchev–Trinajstić information content (AvgIpc) is 2.29. The van der Waals surface area contributed by atoms with Crippen molar-refractivity contribution in [3.8, 4) is 0 Å². The monoisotopic (exact) mass is 240 g/mol. The molecule has 0 fully saturated rings. The van der Waals surface area contributed by atoms with Gasteiger partial charge in [-0.2, -0.15) is 0 Å². The van der Waals surface area contributed by atoms with Gasteiger partial charge in [0, 0.05) is 12.4 Å². The highest BCUT2D eigenvalue weighted by Crippen LogP contribution is 2.20. The Labute approximate surface area is 96.4 Å². The molecule has 4 nitrogen and oxygen atoms in total. The summed E-state index contributed by atoms with van der Waals surface area (Å²) in [4.78, 5) is 7.58. The van der Waals surface area contributed by atoms with Crippen molar-refractivity contribution in [3.05, 3.63) is 31.1 Å². The van der Waals surface area contributed by atoms with Gasteiger partial charge < -0.3 is 0 Å². The molecule has 0 spiro atoms. The molecule has 2 atom stereocenters. The second kappa shape index (κ2) is 5.21. The summed E-state index contributed by atoms with van der Waals surface area (Å²) in [7, 11) is -3.43. The number of allylic oxidation sites excluding steroid dienone is 1. The number of nitrogens with zero attached hydrogens (tertiary/aromatic N) is 2. The molecule has 5 heteroatoms. The molecular formula is C11H16N2O2S. The van der Waals surface area contributed by atoms with E-state index in [1.54, 1.807) is 19.1 Å². The van der Waals surface area contributed by atoms with Gasteiger partial charge in [-0.1, -0.05) is 13.0 Å². The first-order chi connectivity index (χ1) is 7.50. The maximum Gasteiger partial charge on any atom is 0.247 e. The number of sulfone groups is 1. The van der Waals surface area contributed by atoms with Crippen LogP contribution in [-0.4, -0.2) is 23.6 Å². The smallest absolute Gasteiger partial charge is 0.227 e. The van der Waals surface area contributed by atoms with Gasteiger partial charge in [-0.3, -0.25) is 0 Å². The van der Waals surface area contributed by atoms with Gasteiger partial charge in [-0.05, 0) is 25.3 Å². The molecule has 1 rings (SSSR count). The van der Waals surface area contributed by atoms with Crippen molar-refractivity contribution in [1.82, 2.24) is 9.97 Å². The first-order valence-electron chi connectivity index (χ1n) is 5.12. The second-order valence-corrected chi connectivity index (χ2v) is 5.98. The number of hydrogen-bond acceptors (Lipinski definition) is 4. The fourth-order valence-corrected chi connectivity index (χ4v) is 2.83. The predicted octanol–water partition coefficient (Wildman–Crippen LogP) is 1.85. The standard InChI is InChI=1S/C11H16N2O2S/c1-4-6-9(2)10(3)16(14,15)11-12-7-5-8-13-11/h4-5,7-10H,1,6H2,2-3H3/t9-,10-/m1/s1. The Balaban J connectivity index is 2.99. The van der Waals surface area contributed by atoms with Crippen LogP contribution >= 0.6 is 0 Å². The van der Waals surface area contributed by atoms with Gasteiger partial charge in [-0.15, -0.1) is 6.58 Å². The fraction of sp³-hybridized carbons (Fsp3) is 0.455. The number of aromatic nitrogens is 2. The molecule has 0 aliphatic carbocycles. The van der Waals surface area contributed by atoms with E-state index in [1.807, 2.05) is 6.92 Å². The molecule has 1 aromatic heterocycles. The van der Waals surface area contributed by atoms with Crippen LogP contribution in [0.5, 0.6) is 0 Å². The van der Waals surface area contributed by atoms with E-state index < -0.39 is 15.1 Å². The minimum Gasteiger partial charge on any atom is -0.227 e. The van der Waals surface area contributed by atoms with Gasteiger partial charge in [-0.25, -0.2) is 18.4 Å². The zero-order valence-corrected chi connectivity index (χ0v) is 10.3. The summed E-state index contributed by atoms with van der Waals surface area (Å²) in [6, 6.07) is 1.59. The van der Waals surface area contributed by atoms with Gasteiger partial charge >= 0.3 is 0 Å². The molecule has 0 radical (unpaired) electrons. The fourth-order valence-electron chi connectivity index (χ4n) is 1.36. The SMILES string of the molecule is C=CC[C@@H](C)[C@@H](C)S(=O)(=O)c1ncccn1. The van der Waals surface area contributed by atoms with Crippen molar-refractivity contribution in [2.75, 3.05) is 0 Å². The van der Waals surface area contributed by atoms with E-state index in [-0.39, 0.29) is 11.1 Å². The van der Waals surface area contributed by atoms with Gasteiger partial charge in [0.15, 0.2) is 0 Å². The second-order valence-electron chi connectivity index (χ2n) is 3.78. The Kier molecular flexibility index (Phi) is 4.18. The van der Waals surface area contributed by atoms with E-state index >= 15 is 0 Å². The van der Waals surface area contributed by atoms with Crippen molar-refractivity contribution < 1.29 is 8.42 Å². The summed E-state index contributed by atoms with van der Waals surface area (Å²) in [5.41, 5.74) is 0. The molecule has 1 heterocycles. The zero-order valence-electron chi connectivity index (χ0n) is 9.50. The summed E-state index contributed by atoms with van der Waals surface area (Å²) in [6.45, 7) is 7.17. The third-order valence-electron chi connectivity index (χ3n) is 2.63. The summed E-state index contributed by atoms with van der Waals surface area (Å²) in [5.74, 6) is 0.00584. The number of hydrogen-bond donors (Lipinski definition) is 0. The summed E-state index contributed by atoms with van der Waals surface area (Å²) >= 11 is 0. The summed E-state index contributed by atoms with van der Waals surface area (Å²) in [6.07, 6.45) is 5.26. The Morgan fingerprint density at radius 2 is 1.94 bits per heavy atom. The van der Waals surface area contributed by atoms with Gasteiger partial charge in [0.2, 0.25) is 15.0 Å². The molecule has 0 aromatic carbocycles. The zero-order chi connectivity index (χ0) is 12.2. The Morgan fingerprint density at radius 1 is 1.38 bits per heavy atom. The summed E-state index contributed by atoms with van der Waals surface area (Å²) in [5, 5.41) is -0.605. The van der Waals surface area contributed by atoms with Crippen molar-refractivity contribution in [2.24, 2.45) is 5.92 Å². The Bertz CT molecular complexity index is 442. The predicted molar refractivity (Wildman–Crippen MR) is 62.7 cm³/mol. The Hall–Kier alpha value is -1.23. The van der Waals surface area contributed by atoms with Crippen LogP contribution in [0.25, 0.3) is 0 Å². The molecule has 88 valence electrons. The van der Waals surface area contributed by atoms with E-state index in [0.29, 0.717) is 6.42 Å². The first-order valence-corrected chi connectivity index (χ1v) is 6.66. The van der Waals surface area contributed by atoms with Crippen LogP contribution in [0.1, 0.15) is 20.3 Å². The third kappa shape index (κ3) is 2.66. The van der Waals surface area contributed by atoms with E-state index in [0.717, 1.165) is 0 Å². The highest BCUT2D eigenvalue weighted by atomic mass is 32.2. The van der Waals surface area contributed by atoms with Crippen LogP contribution in [0, 0.1) is 5.92 Å². The van der Waals surface area contributed by atoms with Crippen molar-refractivity contribution >= 4 is 9.84 Å². The largest absolute Gasteiger partial charge is 0.247 e. The lowest BCUT2D eigenvalue weighted by atomic mass is 10.1. The highest BCUT2D eigenvalue weighted by Gasteiger charge is 2.29. The lowest BCUT2D eigenvalue weighted by Crippen LogP contribution is -2.26. The van der Waals surface area contributed by atoms with Crippen LogP contribution < -0.4 is 0 Å². The lowest BCUT2D eigenvalue weighted by molar-refractivity contribution is 0.519. The van der Waals surface area contributed by atoms with Crippen LogP contribution in [-0.2, 0) is 9.84 Å². The molecule has 0 aliphatic rings. The van der Waals surface area contributed by atoms with E-state index in [2.05, 4.69) is 16.5 Å². The molecule has 0 unspecified atom stereocenters. The van der Waals surface area contributed by atoms with Gasteiger partial charge in [0.1, 0.15) is 0 Å². The van der Waals surface area contributed by atoms with Crippen LogP contribution in [0.3, 0.4) is 0 Å². The highest BCUT2D eigenvalue weighted by molar-refractivity contribution is 7.91. The maximum absolute atomic E-state index is 12.1. The molecule has 16 heavy (non-hydrogen) atoms.